The number of ether oxygens (including phenoxy) is 2. The Bertz CT molecular complexity index is 1370. The van der Waals surface area contributed by atoms with E-state index in [0.717, 1.165) is 5.69 Å². The number of rotatable bonds is 10. The Kier molecular flexibility index (Phi) is 8.07. The molecule has 0 radical (unpaired) electrons. The van der Waals surface area contributed by atoms with Crippen LogP contribution in [0.25, 0.3) is 5.69 Å². The summed E-state index contributed by atoms with van der Waals surface area (Å²) in [6, 6.07) is 18.6. The summed E-state index contributed by atoms with van der Waals surface area (Å²) in [5.41, 5.74) is 1.84. The van der Waals surface area contributed by atoms with Crippen LogP contribution < -0.4 is 9.47 Å². The van der Waals surface area contributed by atoms with Crippen LogP contribution in [0.15, 0.2) is 71.9 Å². The van der Waals surface area contributed by atoms with E-state index in [1.54, 1.807) is 55.5 Å². The van der Waals surface area contributed by atoms with Crippen LogP contribution >= 0.6 is 23.4 Å². The molecule has 0 unspecified atom stereocenters. The van der Waals surface area contributed by atoms with E-state index in [2.05, 4.69) is 10.2 Å². The summed E-state index contributed by atoms with van der Waals surface area (Å²) in [7, 11) is 1.48. The molecule has 8 nitrogen and oxygen atoms in total. The van der Waals surface area contributed by atoms with Crippen LogP contribution in [-0.2, 0) is 6.61 Å². The maximum absolute atomic E-state index is 14.0. The average molecular weight is 529 g/mol. The van der Waals surface area contributed by atoms with Gasteiger partial charge in [-0.2, -0.15) is 0 Å². The summed E-state index contributed by atoms with van der Waals surface area (Å²) in [6.07, 6.45) is 0. The van der Waals surface area contributed by atoms with Gasteiger partial charge in [0, 0.05) is 21.2 Å². The number of nitro groups is 1. The minimum Gasteiger partial charge on any atom is -0.493 e. The molecule has 0 spiro atoms. The fourth-order valence-corrected chi connectivity index (χ4v) is 4.85. The van der Waals surface area contributed by atoms with Crippen LogP contribution in [0.5, 0.6) is 11.5 Å². The smallest absolute Gasteiger partial charge is 0.220 e. The molecule has 0 fully saturated rings. The molecule has 0 saturated carbocycles. The van der Waals surface area contributed by atoms with Gasteiger partial charge in [0.2, 0.25) is 6.54 Å². The molecular weight excluding hydrogens is 507 g/mol. The third kappa shape index (κ3) is 5.95. The topological polar surface area (TPSA) is 92.3 Å². The standard InChI is InChI=1S/C25H22ClFN4O4S/c1-16-28-29-25(31(16)20-10-8-19(26)9-11-20)36-24(14-30(32)33)17-7-12-22(23(13-17)34-2)35-15-18-5-3-4-6-21(18)27/h3-13,24H,14-15H2,1-2H3/t24-/m0/s1. The zero-order valence-corrected chi connectivity index (χ0v) is 21.0. The summed E-state index contributed by atoms with van der Waals surface area (Å²) in [4.78, 5) is 11.2. The molecule has 0 saturated heterocycles. The molecule has 0 aliphatic heterocycles. The fourth-order valence-electron chi connectivity index (χ4n) is 3.55. The van der Waals surface area contributed by atoms with Crippen molar-refractivity contribution in [1.29, 1.82) is 0 Å². The van der Waals surface area contributed by atoms with Gasteiger partial charge in [0.05, 0.1) is 7.11 Å². The van der Waals surface area contributed by atoms with E-state index < -0.39 is 5.25 Å². The first-order chi connectivity index (χ1) is 17.4. The van der Waals surface area contributed by atoms with E-state index in [-0.39, 0.29) is 23.9 Å². The molecule has 11 heteroatoms. The fraction of sp³-hybridized carbons (Fsp3) is 0.200. The van der Waals surface area contributed by atoms with Crippen molar-refractivity contribution in [1.82, 2.24) is 14.8 Å². The molecule has 4 aromatic rings. The highest BCUT2D eigenvalue weighted by atomic mass is 35.5. The first-order valence-corrected chi connectivity index (χ1v) is 12.1. The van der Waals surface area contributed by atoms with Gasteiger partial charge in [-0.3, -0.25) is 14.7 Å². The van der Waals surface area contributed by atoms with E-state index in [1.807, 2.05) is 16.7 Å². The summed E-state index contributed by atoms with van der Waals surface area (Å²) in [5, 5.41) is 20.4. The molecule has 1 atom stereocenters. The van der Waals surface area contributed by atoms with Crippen LogP contribution in [0.3, 0.4) is 0 Å². The SMILES string of the molecule is COc1cc([C@H](C[N+](=O)[O-])Sc2nnc(C)n2-c2ccc(Cl)cc2)ccc1OCc1ccccc1F. The lowest BCUT2D eigenvalue weighted by Gasteiger charge is -2.17. The highest BCUT2D eigenvalue weighted by Gasteiger charge is 2.25. The van der Waals surface area contributed by atoms with Crippen LogP contribution in [0.1, 0.15) is 22.2 Å². The molecule has 0 N–H and O–H groups in total. The number of aromatic nitrogens is 3. The number of halogens is 2. The van der Waals surface area contributed by atoms with Crippen molar-refractivity contribution in [3.63, 3.8) is 0 Å². The zero-order valence-electron chi connectivity index (χ0n) is 19.4. The number of aryl methyl sites for hydroxylation is 1. The van der Waals surface area contributed by atoms with Gasteiger partial charge in [0.15, 0.2) is 16.7 Å². The van der Waals surface area contributed by atoms with Crippen molar-refractivity contribution < 1.29 is 18.8 Å². The van der Waals surface area contributed by atoms with Crippen molar-refractivity contribution in [3.8, 4) is 17.2 Å². The van der Waals surface area contributed by atoms with Crippen LogP contribution in [0.4, 0.5) is 4.39 Å². The number of benzene rings is 3. The number of thioether (sulfide) groups is 1. The normalized spacial score (nSPS) is 11.8. The number of hydrogen-bond acceptors (Lipinski definition) is 7. The molecule has 0 amide bonds. The molecule has 1 heterocycles. The Morgan fingerprint density at radius 1 is 1.11 bits per heavy atom. The molecule has 0 aliphatic carbocycles. The van der Waals surface area contributed by atoms with Crippen molar-refractivity contribution >= 4 is 23.4 Å². The highest BCUT2D eigenvalue weighted by molar-refractivity contribution is 7.99. The Morgan fingerprint density at radius 3 is 2.56 bits per heavy atom. The summed E-state index contributed by atoms with van der Waals surface area (Å²) in [6.45, 7) is 1.47. The van der Waals surface area contributed by atoms with Gasteiger partial charge in [-0.05, 0) is 55.0 Å². The van der Waals surface area contributed by atoms with Gasteiger partial charge in [-0.25, -0.2) is 4.39 Å². The number of nitrogens with zero attached hydrogens (tertiary/aromatic N) is 4. The van der Waals surface area contributed by atoms with E-state index in [0.29, 0.717) is 38.6 Å². The lowest BCUT2D eigenvalue weighted by atomic mass is 10.1. The van der Waals surface area contributed by atoms with Gasteiger partial charge < -0.3 is 9.47 Å². The lowest BCUT2D eigenvalue weighted by Crippen LogP contribution is -2.11. The largest absolute Gasteiger partial charge is 0.493 e. The Morgan fingerprint density at radius 2 is 1.86 bits per heavy atom. The predicted octanol–water partition coefficient (Wildman–Crippen LogP) is 6.07. The van der Waals surface area contributed by atoms with Crippen molar-refractivity contribution in [2.45, 2.75) is 23.9 Å². The molecule has 186 valence electrons. The maximum Gasteiger partial charge on any atom is 0.220 e. The van der Waals surface area contributed by atoms with E-state index >= 15 is 0 Å². The lowest BCUT2D eigenvalue weighted by molar-refractivity contribution is -0.479. The molecule has 4 rings (SSSR count). The molecule has 36 heavy (non-hydrogen) atoms. The average Bonchev–Trinajstić information content (AvgIpc) is 3.23. The second kappa shape index (κ2) is 11.4. The molecule has 0 aliphatic rings. The summed E-state index contributed by atoms with van der Waals surface area (Å²) < 4.78 is 27.0. The van der Waals surface area contributed by atoms with Crippen LogP contribution in [0.2, 0.25) is 5.02 Å². The van der Waals surface area contributed by atoms with E-state index in [9.17, 15) is 14.5 Å². The number of hydrogen-bond donors (Lipinski definition) is 0. The second-order valence-electron chi connectivity index (χ2n) is 7.75. The predicted molar refractivity (Wildman–Crippen MR) is 135 cm³/mol. The van der Waals surface area contributed by atoms with E-state index in [1.165, 1.54) is 24.9 Å². The minimum absolute atomic E-state index is 0.0128. The monoisotopic (exact) mass is 528 g/mol. The van der Waals surface area contributed by atoms with Gasteiger partial charge >= 0.3 is 0 Å². The van der Waals surface area contributed by atoms with Gasteiger partial charge in [-0.1, -0.05) is 47.6 Å². The summed E-state index contributed by atoms with van der Waals surface area (Å²) in [5.74, 6) is 1.05. The first kappa shape index (κ1) is 25.5. The number of methoxy groups -OCH3 is 1. The molecular formula is C25H22ClFN4O4S. The van der Waals surface area contributed by atoms with Crippen molar-refractivity contribution in [2.75, 3.05) is 13.7 Å². The van der Waals surface area contributed by atoms with Crippen molar-refractivity contribution in [3.05, 3.63) is 105 Å². The first-order valence-electron chi connectivity index (χ1n) is 10.9. The van der Waals surface area contributed by atoms with Crippen LogP contribution in [-0.4, -0.2) is 33.3 Å². The van der Waals surface area contributed by atoms with Gasteiger partial charge in [-0.15, -0.1) is 10.2 Å². The Hall–Kier alpha value is -3.63. The molecule has 1 aromatic heterocycles. The quantitative estimate of drug-likeness (QED) is 0.140. The Labute approximate surface area is 216 Å². The van der Waals surface area contributed by atoms with Crippen LogP contribution in [0, 0.1) is 22.9 Å². The summed E-state index contributed by atoms with van der Waals surface area (Å²) >= 11 is 7.24. The third-order valence-corrected chi connectivity index (χ3v) is 6.78. The third-order valence-electron chi connectivity index (χ3n) is 5.34. The second-order valence-corrected chi connectivity index (χ2v) is 9.36. The minimum atomic E-state index is -0.593. The van der Waals surface area contributed by atoms with Gasteiger partial charge in [0.1, 0.15) is 23.5 Å². The Balaban J connectivity index is 1.61. The van der Waals surface area contributed by atoms with Gasteiger partial charge in [0.25, 0.3) is 0 Å². The van der Waals surface area contributed by atoms with Crippen molar-refractivity contribution in [2.24, 2.45) is 0 Å². The molecule has 3 aromatic carbocycles. The van der Waals surface area contributed by atoms with E-state index in [4.69, 9.17) is 21.1 Å². The molecule has 0 bridgehead atoms. The zero-order chi connectivity index (χ0) is 25.7. The highest BCUT2D eigenvalue weighted by Crippen LogP contribution is 2.39. The maximum atomic E-state index is 14.0.